The number of aromatic nitrogens is 6. The summed E-state index contributed by atoms with van der Waals surface area (Å²) in [7, 11) is 0. The van der Waals surface area contributed by atoms with Crippen LogP contribution in [-0.2, 0) is 0 Å². The molecule has 688 valence electrons. The number of nitrogens with zero attached hydrogens (tertiary/aromatic N) is 6. The predicted octanol–water partition coefficient (Wildman–Crippen LogP) is 38.7. The molecule has 0 N–H and O–H groups in total. The van der Waals surface area contributed by atoms with Gasteiger partial charge in [-0.3, -0.25) is 13.2 Å². The summed E-state index contributed by atoms with van der Waals surface area (Å²) in [6, 6.07) is 191. The number of pyridine rings is 3. The van der Waals surface area contributed by atoms with E-state index < -0.39 is 0 Å². The van der Waals surface area contributed by atoms with Crippen LogP contribution in [0.2, 0.25) is 0 Å². The Morgan fingerprint density at radius 3 is 0.772 bits per heavy atom. The van der Waals surface area contributed by atoms with E-state index in [9.17, 15) is 0 Å². The highest BCUT2D eigenvalue weighted by Gasteiger charge is 2.27. The second-order valence-electron chi connectivity index (χ2n) is 39.8. The molecule has 0 aliphatic heterocycles. The molecule has 33 rings (SSSR count). The van der Waals surface area contributed by atoms with Gasteiger partial charge in [-0.1, -0.05) is 419 Å². The molecular formula is C143H86N6. The van der Waals surface area contributed by atoms with Gasteiger partial charge in [-0.05, 0) is 316 Å². The first kappa shape index (κ1) is 83.8. The van der Waals surface area contributed by atoms with Crippen LogP contribution in [0, 0.1) is 0 Å². The topological polar surface area (TPSA) is 51.9 Å². The van der Waals surface area contributed by atoms with Gasteiger partial charge in [-0.25, -0.2) is 15.0 Å². The average Bonchev–Trinajstić information content (AvgIpc) is 1.66. The van der Waals surface area contributed by atoms with Crippen LogP contribution in [-0.4, -0.2) is 28.2 Å². The molecule has 0 spiro atoms. The fourth-order valence-corrected chi connectivity index (χ4v) is 25.0. The smallest absolute Gasteiger partial charge is 0.147 e. The highest BCUT2D eigenvalue weighted by molar-refractivity contribution is 6.30. The molecule has 0 fully saturated rings. The van der Waals surface area contributed by atoms with Gasteiger partial charge in [0.25, 0.3) is 0 Å². The summed E-state index contributed by atoms with van der Waals surface area (Å²) in [5, 5.41) is 38.3. The minimum Gasteiger partial charge on any atom is -0.292 e. The minimum atomic E-state index is 0.997. The second-order valence-corrected chi connectivity index (χ2v) is 39.8. The Morgan fingerprint density at radius 1 is 0.121 bits per heavy atom. The molecule has 0 bridgehead atoms. The maximum atomic E-state index is 5.25. The number of para-hydroxylation sites is 6. The Kier molecular flexibility index (Phi) is 18.8. The maximum absolute atomic E-state index is 5.25. The number of rotatable bonds is 7. The lowest BCUT2D eigenvalue weighted by Crippen LogP contribution is -1.94. The van der Waals surface area contributed by atoms with Crippen molar-refractivity contribution in [3.05, 3.63) is 522 Å². The summed E-state index contributed by atoms with van der Waals surface area (Å²) < 4.78 is 7.07. The summed E-state index contributed by atoms with van der Waals surface area (Å²) in [5.74, 6) is 0. The van der Waals surface area contributed by atoms with E-state index in [4.69, 9.17) is 15.0 Å². The zero-order valence-electron chi connectivity index (χ0n) is 80.8. The van der Waals surface area contributed by atoms with Gasteiger partial charge in [-0.15, -0.1) is 0 Å². The SMILES string of the molecule is c1cc(-c2ccc3ccccc3c2)cc(-c2ccc3c(c2)c2ccc4ccccc4c2c2nc4ccccc4n32)c1.c1ccc2c(-c3c4ccccc4c(-c4ccc5c(c4)c4ccc6ccccc6c4c4nc6ccccc6n54)c4ccccc34)cccc2c1.c1ccc2cc(-c3c4ccccc4c(-c4ccc5ccccc5c4)c4cc(-c5ccc6c(c5)c5ccc7ccccc7c5c5nc7ccccc7n65)ccc34)ccc2c1. The Hall–Kier alpha value is -19.8. The Balaban J connectivity index is 0.000000103. The van der Waals surface area contributed by atoms with Crippen LogP contribution in [0.1, 0.15) is 0 Å². The maximum Gasteiger partial charge on any atom is 0.147 e. The van der Waals surface area contributed by atoms with E-state index >= 15 is 0 Å². The molecule has 149 heavy (non-hydrogen) atoms. The van der Waals surface area contributed by atoms with Crippen LogP contribution in [0.4, 0.5) is 0 Å². The zero-order valence-corrected chi connectivity index (χ0v) is 80.8. The first-order valence-corrected chi connectivity index (χ1v) is 51.3. The number of fused-ring (bicyclic) bond motifs is 38. The van der Waals surface area contributed by atoms with Crippen molar-refractivity contribution in [2.75, 3.05) is 0 Å². The lowest BCUT2D eigenvalue weighted by Gasteiger charge is -2.19. The molecule has 6 aromatic heterocycles. The first-order chi connectivity index (χ1) is 73.9. The van der Waals surface area contributed by atoms with Crippen molar-refractivity contribution in [3.63, 3.8) is 0 Å². The summed E-state index contributed by atoms with van der Waals surface area (Å²) >= 11 is 0. The van der Waals surface area contributed by atoms with E-state index in [0.29, 0.717) is 0 Å². The molecule has 6 nitrogen and oxygen atoms in total. The van der Waals surface area contributed by atoms with E-state index in [-0.39, 0.29) is 0 Å². The summed E-state index contributed by atoms with van der Waals surface area (Å²) in [4.78, 5) is 15.6. The van der Waals surface area contributed by atoms with Gasteiger partial charge in [0.2, 0.25) is 0 Å². The lowest BCUT2D eigenvalue weighted by molar-refractivity contribution is 1.32. The van der Waals surface area contributed by atoms with Crippen LogP contribution in [0.15, 0.2) is 522 Å². The summed E-state index contributed by atoms with van der Waals surface area (Å²) in [5.41, 5.74) is 30.2. The average molecular weight is 1890 g/mol. The third-order valence-corrected chi connectivity index (χ3v) is 31.7. The number of hydrogen-bond acceptors (Lipinski definition) is 3. The van der Waals surface area contributed by atoms with E-state index in [0.717, 1.165) is 61.1 Å². The second kappa shape index (κ2) is 33.4. The van der Waals surface area contributed by atoms with Gasteiger partial charge < -0.3 is 0 Å². The summed E-state index contributed by atoms with van der Waals surface area (Å²) in [6.45, 7) is 0. The predicted molar refractivity (Wildman–Crippen MR) is 634 cm³/mol. The Morgan fingerprint density at radius 2 is 0.362 bits per heavy atom. The van der Waals surface area contributed by atoms with Gasteiger partial charge >= 0.3 is 0 Å². The highest BCUT2D eigenvalue weighted by Crippen LogP contribution is 2.52. The molecule has 0 saturated heterocycles. The molecule has 33 aromatic rings. The van der Waals surface area contributed by atoms with Crippen LogP contribution in [0.5, 0.6) is 0 Å². The van der Waals surface area contributed by atoms with E-state index in [2.05, 4.69) is 535 Å². The fourth-order valence-electron chi connectivity index (χ4n) is 25.0. The van der Waals surface area contributed by atoms with E-state index in [1.807, 2.05) is 0 Å². The molecular weight excluding hydrogens is 1800 g/mol. The molecule has 6 heteroatoms. The van der Waals surface area contributed by atoms with Crippen molar-refractivity contribution in [1.82, 2.24) is 28.2 Å². The molecule has 27 aromatic carbocycles. The molecule has 6 heterocycles. The van der Waals surface area contributed by atoms with Crippen molar-refractivity contribution < 1.29 is 0 Å². The number of benzene rings is 27. The third kappa shape index (κ3) is 13.2. The monoisotopic (exact) mass is 1890 g/mol. The Bertz CT molecular complexity index is 11500. The van der Waals surface area contributed by atoms with Crippen molar-refractivity contribution in [1.29, 1.82) is 0 Å². The molecule has 0 aliphatic rings. The van der Waals surface area contributed by atoms with Gasteiger partial charge in [0.1, 0.15) is 16.9 Å². The van der Waals surface area contributed by atoms with Gasteiger partial charge in [0.05, 0.1) is 49.7 Å². The van der Waals surface area contributed by atoms with Crippen molar-refractivity contribution >= 4 is 234 Å². The summed E-state index contributed by atoms with van der Waals surface area (Å²) in [6.07, 6.45) is 0. The molecule has 0 aliphatic carbocycles. The third-order valence-electron chi connectivity index (χ3n) is 31.7. The lowest BCUT2D eigenvalue weighted by atomic mass is 9.84. The molecule has 0 saturated carbocycles. The minimum absolute atomic E-state index is 0.997. The molecule has 0 atom stereocenters. The van der Waals surface area contributed by atoms with E-state index in [1.165, 1.54) is 250 Å². The number of imidazole rings is 3. The Labute approximate surface area is 855 Å². The molecule has 0 amide bonds. The molecule has 0 unspecified atom stereocenters. The van der Waals surface area contributed by atoms with Crippen molar-refractivity contribution in [2.45, 2.75) is 0 Å². The van der Waals surface area contributed by atoms with E-state index in [1.54, 1.807) is 0 Å². The highest BCUT2D eigenvalue weighted by atomic mass is 15.0. The standard InChI is InChI=1S/C57H34N2.C47H28N2.C39H24N2/c1-3-14-38-31-42(23-21-35(38)11-1)54-45-17-7-8-18-46(45)55(43-24-22-36-12-2-4-15-39(36)32-43)50-34-40(26-29-48(50)54)41-27-30-52-49(33-41)47-28-25-37-13-5-6-16-44(37)56(47)57-58-51-19-9-10-20-53(51)59(52)57;1-3-15-32-29(12-1)14-11-21-34(32)45-37-19-7-5-17-35(37)44(36-18-6-8-20-38(36)45)31-25-27-42-40(28-31)39-26-24-30-13-2-4-16-33(30)46(39)47-48-41-22-9-10-23-43(41)49(42)47;1-2-10-27-22-30(17-16-25(27)8-1)28-11-7-12-29(23-28)31-19-21-36-34(24-31)33-20-18-26-9-3-4-13-32(26)38(33)39-40-35-14-5-6-15-37(35)41(36)39/h1-34H;1-28H;1-24H. The molecule has 0 radical (unpaired) electrons. The quantitative estimate of drug-likeness (QED) is 0.118. The van der Waals surface area contributed by atoms with Crippen LogP contribution < -0.4 is 0 Å². The van der Waals surface area contributed by atoms with Crippen LogP contribution in [0.3, 0.4) is 0 Å². The van der Waals surface area contributed by atoms with Crippen molar-refractivity contribution in [3.8, 4) is 77.9 Å². The normalized spacial score (nSPS) is 12.0. The van der Waals surface area contributed by atoms with Gasteiger partial charge in [0.15, 0.2) is 0 Å². The fraction of sp³-hybridized carbons (Fsp3) is 0. The van der Waals surface area contributed by atoms with Crippen molar-refractivity contribution in [2.24, 2.45) is 0 Å². The van der Waals surface area contributed by atoms with Gasteiger partial charge in [0, 0.05) is 32.3 Å². The van der Waals surface area contributed by atoms with Gasteiger partial charge in [-0.2, -0.15) is 0 Å². The zero-order chi connectivity index (χ0) is 97.6. The van der Waals surface area contributed by atoms with Crippen LogP contribution >= 0.6 is 0 Å². The largest absolute Gasteiger partial charge is 0.292 e. The first-order valence-electron chi connectivity index (χ1n) is 51.3. The van der Waals surface area contributed by atoms with Crippen LogP contribution in [0.25, 0.3) is 311 Å². The number of hydrogen-bond donors (Lipinski definition) is 0.